The normalized spacial score (nSPS) is 18.7. The molecule has 11 atom stereocenters. The molecule has 0 bridgehead atoms. The van der Waals surface area contributed by atoms with Crippen molar-refractivity contribution in [1.29, 1.82) is 0 Å². The SMILES string of the molecule is C[C@H](NC(=O)[C@@H]1CCCN1C(=O)[C@H](CO)NC(=O)[C@H](C)NC(=O)[C@H](CCC(=O)O)NC(=O)[C@H](CC(=O)O)NC(=O)[C@H](CCC(N)=O)NC(=O)[C@H](C)NC(=O)[C@H](CO)NC(=O)[C@@H]1CCCN1C(=O)[C@@H](N)CO)C(N)=O. The van der Waals surface area contributed by atoms with Gasteiger partial charge in [-0.3, -0.25) is 67.1 Å². The maximum Gasteiger partial charge on any atom is 0.305 e. The fraction of sp³-hybridized carbons (Fsp3) is 0.667. The van der Waals surface area contributed by atoms with Gasteiger partial charge in [-0.15, -0.1) is 0 Å². The van der Waals surface area contributed by atoms with Crippen molar-refractivity contribution in [2.75, 3.05) is 32.9 Å². The molecule has 0 aromatic carbocycles. The second-order valence-corrected chi connectivity index (χ2v) is 17.5. The zero-order chi connectivity index (χ0) is 56.1. The molecule has 74 heavy (non-hydrogen) atoms. The van der Waals surface area contributed by atoms with Crippen LogP contribution in [0.1, 0.15) is 78.6 Å². The van der Waals surface area contributed by atoms with Crippen molar-refractivity contribution in [2.45, 2.75) is 145 Å². The lowest BCUT2D eigenvalue weighted by atomic mass is 10.1. The van der Waals surface area contributed by atoms with Gasteiger partial charge in [0.05, 0.1) is 26.2 Å². The number of aliphatic hydroxyl groups is 3. The molecule has 32 heteroatoms. The molecule has 2 aliphatic heterocycles. The number of aliphatic hydroxyl groups excluding tert-OH is 3. The quantitative estimate of drug-likeness (QED) is 0.0318. The Morgan fingerprint density at radius 3 is 1.36 bits per heavy atom. The Kier molecular flexibility index (Phi) is 25.2. The Morgan fingerprint density at radius 1 is 0.486 bits per heavy atom. The molecule has 0 saturated carbocycles. The smallest absolute Gasteiger partial charge is 0.305 e. The van der Waals surface area contributed by atoms with E-state index in [0.717, 1.165) is 23.6 Å². The van der Waals surface area contributed by atoms with Crippen LogP contribution in [0.25, 0.3) is 0 Å². The van der Waals surface area contributed by atoms with Crippen molar-refractivity contribution >= 4 is 82.8 Å². The van der Waals surface area contributed by atoms with Crippen LogP contribution < -0.4 is 59.7 Å². The van der Waals surface area contributed by atoms with Crippen LogP contribution in [0.3, 0.4) is 0 Å². The van der Waals surface area contributed by atoms with E-state index in [9.17, 15) is 92.7 Å². The van der Waals surface area contributed by atoms with Crippen LogP contribution in [-0.4, -0.2) is 218 Å². The lowest BCUT2D eigenvalue weighted by Gasteiger charge is -2.29. The van der Waals surface area contributed by atoms with Crippen molar-refractivity contribution in [3.05, 3.63) is 0 Å². The van der Waals surface area contributed by atoms with Gasteiger partial charge in [-0.05, 0) is 59.3 Å². The maximum absolute atomic E-state index is 13.6. The third-order valence-electron chi connectivity index (χ3n) is 11.7. The number of nitrogens with zero attached hydrogens (tertiary/aromatic N) is 2. The Labute approximate surface area is 422 Å². The van der Waals surface area contributed by atoms with Crippen LogP contribution in [0.2, 0.25) is 0 Å². The van der Waals surface area contributed by atoms with Gasteiger partial charge in [-0.25, -0.2) is 0 Å². The zero-order valence-electron chi connectivity index (χ0n) is 40.8. The summed E-state index contributed by atoms with van der Waals surface area (Å²) >= 11 is 0. The summed E-state index contributed by atoms with van der Waals surface area (Å²) < 4.78 is 0. The van der Waals surface area contributed by atoms with E-state index in [1.165, 1.54) is 6.92 Å². The summed E-state index contributed by atoms with van der Waals surface area (Å²) in [5, 5.41) is 65.9. The molecule has 32 nitrogen and oxygen atoms in total. The van der Waals surface area contributed by atoms with Crippen molar-refractivity contribution in [2.24, 2.45) is 17.2 Å². The van der Waals surface area contributed by atoms with Crippen LogP contribution in [0.5, 0.6) is 0 Å². The molecule has 0 aromatic heterocycles. The molecular weight excluding hydrogens is 991 g/mol. The zero-order valence-corrected chi connectivity index (χ0v) is 40.8. The van der Waals surface area contributed by atoms with Gasteiger partial charge < -0.3 is 95.1 Å². The van der Waals surface area contributed by atoms with Crippen molar-refractivity contribution in [1.82, 2.24) is 52.3 Å². The molecule has 414 valence electrons. The average molecular weight is 1060 g/mol. The van der Waals surface area contributed by atoms with Gasteiger partial charge in [-0.2, -0.15) is 0 Å². The molecule has 2 saturated heterocycles. The Hall–Kier alpha value is -7.58. The number of likely N-dealkylation sites (tertiary alicyclic amines) is 2. The standard InChI is InChI=1S/C42H67N13O19/c1-18(32(45)64)46-39(71)27-6-5-13-55(27)42(74)26(17-58)53-34(66)20(3)47-35(67)23(9-11-30(60)61)50-37(69)24(14-31(62)63)51-36(68)22(8-10-29(44)59)49-33(65)19(2)48-38(70)25(16-57)52-40(72)28-7-4-12-54(28)41(73)21(43)15-56/h18-28,56-58H,4-17,43H2,1-3H3,(H2,44,59)(H2,45,64)(H,46,71)(H,47,67)(H,48,70)(H,49,65)(H,50,69)(H,51,68)(H,52,72)(H,53,66)(H,60,61)(H,62,63)/t18-,19-,20-,21-,22-,23-,24-,25-,26-,27-,28-/m0/s1. The first-order valence-corrected chi connectivity index (χ1v) is 23.3. The molecule has 19 N–H and O–H groups in total. The molecule has 12 amide bonds. The third kappa shape index (κ3) is 19.1. The monoisotopic (exact) mass is 1060 g/mol. The van der Waals surface area contributed by atoms with Crippen LogP contribution >= 0.6 is 0 Å². The highest BCUT2D eigenvalue weighted by molar-refractivity contribution is 6.00. The van der Waals surface area contributed by atoms with Gasteiger partial charge >= 0.3 is 11.9 Å². The van der Waals surface area contributed by atoms with Gasteiger partial charge in [0.1, 0.15) is 66.5 Å². The number of carbonyl (C=O) groups excluding carboxylic acids is 12. The third-order valence-corrected chi connectivity index (χ3v) is 11.7. The average Bonchev–Trinajstić information content (AvgIpc) is 4.05. The predicted octanol–water partition coefficient (Wildman–Crippen LogP) is -9.70. The molecule has 0 radical (unpaired) electrons. The fourth-order valence-corrected chi connectivity index (χ4v) is 7.50. The number of aliphatic carboxylic acids is 2. The van der Waals surface area contributed by atoms with Crippen LogP contribution in [-0.2, 0) is 67.1 Å². The Morgan fingerprint density at radius 2 is 0.905 bits per heavy atom. The van der Waals surface area contributed by atoms with Gasteiger partial charge in [0.2, 0.25) is 70.9 Å². The number of carboxylic acid groups (broad SMARTS) is 2. The summed E-state index contributed by atoms with van der Waals surface area (Å²) in [4.78, 5) is 181. The first kappa shape index (κ1) is 62.5. The minimum absolute atomic E-state index is 0.0319. The number of hydrogen-bond donors (Lipinski definition) is 16. The highest BCUT2D eigenvalue weighted by Gasteiger charge is 2.41. The van der Waals surface area contributed by atoms with Gasteiger partial charge in [0.15, 0.2) is 0 Å². The van der Waals surface area contributed by atoms with E-state index in [0.29, 0.717) is 12.8 Å². The first-order chi connectivity index (χ1) is 34.7. The number of primary amides is 2. The molecule has 0 aromatic rings. The topological polar surface area (TPSA) is 521 Å². The van der Waals surface area contributed by atoms with E-state index in [1.807, 2.05) is 0 Å². The molecule has 0 spiro atoms. The van der Waals surface area contributed by atoms with Gasteiger partial charge in [0.25, 0.3) is 0 Å². The number of hydrogen-bond acceptors (Lipinski definition) is 18. The number of nitrogens with one attached hydrogen (secondary N) is 8. The van der Waals surface area contributed by atoms with Crippen molar-refractivity contribution in [3.8, 4) is 0 Å². The van der Waals surface area contributed by atoms with Gasteiger partial charge in [-0.1, -0.05) is 0 Å². The summed E-state index contributed by atoms with van der Waals surface area (Å²) in [5.74, 6) is -15.5. The molecule has 0 aliphatic carbocycles. The lowest BCUT2D eigenvalue weighted by Crippen LogP contribution is -2.60. The highest BCUT2D eigenvalue weighted by atomic mass is 16.4. The summed E-state index contributed by atoms with van der Waals surface area (Å²) in [6.07, 6.45) is -2.77. The summed E-state index contributed by atoms with van der Waals surface area (Å²) in [6, 6.07) is -16.8. The van der Waals surface area contributed by atoms with Crippen LogP contribution in [0, 0.1) is 0 Å². The number of amides is 12. The second kappa shape index (κ2) is 29.8. The number of rotatable bonds is 30. The van der Waals surface area contributed by atoms with E-state index >= 15 is 0 Å². The maximum atomic E-state index is 13.6. The largest absolute Gasteiger partial charge is 0.481 e. The number of carboxylic acids is 2. The summed E-state index contributed by atoms with van der Waals surface area (Å²) in [7, 11) is 0. The molecule has 0 unspecified atom stereocenters. The van der Waals surface area contributed by atoms with E-state index in [-0.39, 0.29) is 25.9 Å². The molecule has 2 aliphatic rings. The molecular formula is C42H67N13O19. The summed E-state index contributed by atoms with van der Waals surface area (Å²) in [6.45, 7) is 1.02. The molecule has 2 heterocycles. The number of nitrogens with two attached hydrogens (primary N) is 3. The van der Waals surface area contributed by atoms with Crippen molar-refractivity contribution in [3.63, 3.8) is 0 Å². The fourth-order valence-electron chi connectivity index (χ4n) is 7.50. The predicted molar refractivity (Wildman–Crippen MR) is 248 cm³/mol. The van der Waals surface area contributed by atoms with Crippen LogP contribution in [0.4, 0.5) is 0 Å². The second-order valence-electron chi connectivity index (χ2n) is 17.5. The number of carbonyl (C=O) groups is 14. The minimum Gasteiger partial charge on any atom is -0.481 e. The molecule has 2 fully saturated rings. The lowest BCUT2D eigenvalue weighted by molar-refractivity contribution is -0.143. The Bertz CT molecular complexity index is 2130. The minimum atomic E-state index is -2.09. The first-order valence-electron chi connectivity index (χ1n) is 23.3. The summed E-state index contributed by atoms with van der Waals surface area (Å²) in [5.41, 5.74) is 16.1. The molecule has 2 rings (SSSR count). The van der Waals surface area contributed by atoms with Crippen LogP contribution in [0.15, 0.2) is 0 Å². The van der Waals surface area contributed by atoms with E-state index in [4.69, 9.17) is 17.2 Å². The Balaban J connectivity index is 2.20. The van der Waals surface area contributed by atoms with E-state index < -0.39 is 201 Å². The van der Waals surface area contributed by atoms with E-state index in [2.05, 4.69) is 42.5 Å². The highest BCUT2D eigenvalue weighted by Crippen LogP contribution is 2.20. The van der Waals surface area contributed by atoms with E-state index in [1.54, 1.807) is 0 Å². The van der Waals surface area contributed by atoms with Crippen molar-refractivity contribution < 1.29 is 92.7 Å². The van der Waals surface area contributed by atoms with Gasteiger partial charge in [0, 0.05) is 25.9 Å².